The summed E-state index contributed by atoms with van der Waals surface area (Å²) in [5.74, 6) is 0. The fourth-order valence-corrected chi connectivity index (χ4v) is 4.50. The second-order valence-electron chi connectivity index (χ2n) is 4.99. The number of hydrogen-bond donors (Lipinski definition) is 1. The molecule has 2 rings (SSSR count). The molecule has 1 aromatic carbocycles. The minimum absolute atomic E-state index is 0. The van der Waals surface area contributed by atoms with Gasteiger partial charge in [0.1, 0.15) is 0 Å². The SMILES string of the molecule is Cl.NCC1CCCCN1S(=O)(=O)c1ccccc1C(F)(F)F. The van der Waals surface area contributed by atoms with Crippen LogP contribution in [-0.2, 0) is 16.2 Å². The molecule has 0 bridgehead atoms. The second-order valence-corrected chi connectivity index (χ2v) is 6.85. The van der Waals surface area contributed by atoms with Crippen LogP contribution in [-0.4, -0.2) is 31.9 Å². The molecule has 0 aliphatic carbocycles. The largest absolute Gasteiger partial charge is 0.417 e. The minimum atomic E-state index is -4.71. The van der Waals surface area contributed by atoms with Crippen molar-refractivity contribution in [1.29, 1.82) is 0 Å². The summed E-state index contributed by atoms with van der Waals surface area (Å²) in [6, 6.07) is 3.82. The van der Waals surface area contributed by atoms with Crippen molar-refractivity contribution in [3.8, 4) is 0 Å². The highest BCUT2D eigenvalue weighted by molar-refractivity contribution is 7.89. The molecule has 0 spiro atoms. The van der Waals surface area contributed by atoms with E-state index in [1.165, 1.54) is 12.1 Å². The molecule has 2 N–H and O–H groups in total. The van der Waals surface area contributed by atoms with Gasteiger partial charge in [0.2, 0.25) is 10.0 Å². The summed E-state index contributed by atoms with van der Waals surface area (Å²) in [4.78, 5) is -0.696. The number of rotatable bonds is 3. The summed E-state index contributed by atoms with van der Waals surface area (Å²) >= 11 is 0. The lowest BCUT2D eigenvalue weighted by Crippen LogP contribution is -2.47. The first-order valence-corrected chi connectivity index (χ1v) is 8.10. The molecule has 126 valence electrons. The normalized spacial score (nSPS) is 20.5. The zero-order chi connectivity index (χ0) is 15.7. The third-order valence-electron chi connectivity index (χ3n) is 3.62. The molecule has 1 saturated heterocycles. The van der Waals surface area contributed by atoms with Gasteiger partial charge in [-0.1, -0.05) is 18.6 Å². The fraction of sp³-hybridized carbons (Fsp3) is 0.538. The Labute approximate surface area is 133 Å². The smallest absolute Gasteiger partial charge is 0.329 e. The van der Waals surface area contributed by atoms with Gasteiger partial charge in [-0.3, -0.25) is 0 Å². The highest BCUT2D eigenvalue weighted by Crippen LogP contribution is 2.36. The number of sulfonamides is 1. The average molecular weight is 359 g/mol. The second kappa shape index (κ2) is 7.16. The van der Waals surface area contributed by atoms with Crippen LogP contribution >= 0.6 is 12.4 Å². The Morgan fingerprint density at radius 2 is 1.86 bits per heavy atom. The van der Waals surface area contributed by atoms with Gasteiger partial charge < -0.3 is 5.73 Å². The van der Waals surface area contributed by atoms with Gasteiger partial charge in [0, 0.05) is 19.1 Å². The fourth-order valence-electron chi connectivity index (χ4n) is 2.58. The molecular formula is C13H18ClF3N2O2S. The van der Waals surface area contributed by atoms with E-state index in [-0.39, 0.29) is 25.5 Å². The zero-order valence-corrected chi connectivity index (χ0v) is 13.3. The monoisotopic (exact) mass is 358 g/mol. The Bertz CT molecular complexity index is 608. The Hall–Kier alpha value is -0.830. The van der Waals surface area contributed by atoms with Crippen molar-refractivity contribution in [2.75, 3.05) is 13.1 Å². The van der Waals surface area contributed by atoms with Crippen LogP contribution in [0.15, 0.2) is 29.2 Å². The number of halogens is 4. The van der Waals surface area contributed by atoms with Gasteiger partial charge in [-0.25, -0.2) is 8.42 Å². The molecule has 0 aromatic heterocycles. The lowest BCUT2D eigenvalue weighted by Gasteiger charge is -2.34. The van der Waals surface area contributed by atoms with E-state index >= 15 is 0 Å². The lowest BCUT2D eigenvalue weighted by atomic mass is 10.1. The maximum atomic E-state index is 13.0. The number of nitrogens with two attached hydrogens (primary N) is 1. The first kappa shape index (κ1) is 19.2. The van der Waals surface area contributed by atoms with E-state index in [4.69, 9.17) is 5.73 Å². The van der Waals surface area contributed by atoms with Gasteiger partial charge in [0.15, 0.2) is 0 Å². The van der Waals surface area contributed by atoms with Crippen LogP contribution in [0, 0.1) is 0 Å². The Morgan fingerprint density at radius 3 is 2.45 bits per heavy atom. The number of nitrogens with zero attached hydrogens (tertiary/aromatic N) is 1. The van der Waals surface area contributed by atoms with Crippen LogP contribution < -0.4 is 5.73 Å². The van der Waals surface area contributed by atoms with Crippen LogP contribution in [0.3, 0.4) is 0 Å². The quantitative estimate of drug-likeness (QED) is 0.903. The summed E-state index contributed by atoms with van der Waals surface area (Å²) in [6.45, 7) is 0.309. The molecule has 1 aromatic rings. The van der Waals surface area contributed by atoms with Crippen LogP contribution in [0.1, 0.15) is 24.8 Å². The zero-order valence-electron chi connectivity index (χ0n) is 11.7. The molecule has 1 aliphatic rings. The summed E-state index contributed by atoms with van der Waals surface area (Å²) in [5.41, 5.74) is 4.43. The van der Waals surface area contributed by atoms with Crippen LogP contribution in [0.5, 0.6) is 0 Å². The highest BCUT2D eigenvalue weighted by atomic mass is 35.5. The predicted molar refractivity (Wildman–Crippen MR) is 79.3 cm³/mol. The van der Waals surface area contributed by atoms with Crippen LogP contribution in [0.25, 0.3) is 0 Å². The van der Waals surface area contributed by atoms with Crippen molar-refractivity contribution in [1.82, 2.24) is 4.31 Å². The molecule has 1 fully saturated rings. The lowest BCUT2D eigenvalue weighted by molar-refractivity contribution is -0.139. The van der Waals surface area contributed by atoms with E-state index < -0.39 is 32.7 Å². The van der Waals surface area contributed by atoms with E-state index in [1.807, 2.05) is 0 Å². The van der Waals surface area contributed by atoms with Crippen molar-refractivity contribution >= 4 is 22.4 Å². The van der Waals surface area contributed by atoms with E-state index in [0.717, 1.165) is 22.9 Å². The summed E-state index contributed by atoms with van der Waals surface area (Å²) in [6.07, 6.45) is -2.68. The van der Waals surface area contributed by atoms with Gasteiger partial charge in [0.25, 0.3) is 0 Å². The number of benzene rings is 1. The summed E-state index contributed by atoms with van der Waals surface area (Å²) < 4.78 is 65.4. The standard InChI is InChI=1S/C13H17F3N2O2S.ClH/c14-13(15,16)11-6-1-2-7-12(11)21(19,20)18-8-4-3-5-10(18)9-17;/h1-2,6-7,10H,3-5,8-9,17H2;1H. The number of piperidine rings is 1. The van der Waals surface area contributed by atoms with Crippen molar-refractivity contribution in [3.63, 3.8) is 0 Å². The molecule has 0 amide bonds. The number of alkyl halides is 3. The Morgan fingerprint density at radius 1 is 1.23 bits per heavy atom. The third-order valence-corrected chi connectivity index (χ3v) is 5.63. The topological polar surface area (TPSA) is 63.4 Å². The average Bonchev–Trinajstić information content (AvgIpc) is 2.46. The van der Waals surface area contributed by atoms with Gasteiger partial charge >= 0.3 is 6.18 Å². The molecule has 1 aliphatic heterocycles. The van der Waals surface area contributed by atoms with Gasteiger partial charge in [-0.2, -0.15) is 17.5 Å². The molecule has 1 unspecified atom stereocenters. The molecule has 1 heterocycles. The third kappa shape index (κ3) is 3.73. The first-order valence-electron chi connectivity index (χ1n) is 6.66. The Balaban J connectivity index is 0.00000242. The van der Waals surface area contributed by atoms with Crippen molar-refractivity contribution in [2.45, 2.75) is 36.4 Å². The maximum absolute atomic E-state index is 13.0. The van der Waals surface area contributed by atoms with Crippen molar-refractivity contribution in [3.05, 3.63) is 29.8 Å². The van der Waals surface area contributed by atoms with Gasteiger partial charge in [0.05, 0.1) is 10.5 Å². The van der Waals surface area contributed by atoms with Gasteiger partial charge in [-0.15, -0.1) is 12.4 Å². The minimum Gasteiger partial charge on any atom is -0.329 e. The molecule has 1 atom stereocenters. The predicted octanol–water partition coefficient (Wildman–Crippen LogP) is 2.63. The van der Waals surface area contributed by atoms with Crippen LogP contribution in [0.2, 0.25) is 0 Å². The summed E-state index contributed by atoms with van der Waals surface area (Å²) in [5, 5.41) is 0. The van der Waals surface area contributed by atoms with Crippen molar-refractivity contribution < 1.29 is 21.6 Å². The molecule has 0 saturated carbocycles. The molecule has 4 nitrogen and oxygen atoms in total. The van der Waals surface area contributed by atoms with Gasteiger partial charge in [-0.05, 0) is 25.0 Å². The van der Waals surface area contributed by atoms with Crippen molar-refractivity contribution in [2.24, 2.45) is 5.73 Å². The van der Waals surface area contributed by atoms with E-state index in [9.17, 15) is 21.6 Å². The first-order chi connectivity index (χ1) is 9.78. The van der Waals surface area contributed by atoms with Crippen LogP contribution in [0.4, 0.5) is 13.2 Å². The van der Waals surface area contributed by atoms with E-state index in [1.54, 1.807) is 0 Å². The highest BCUT2D eigenvalue weighted by Gasteiger charge is 2.40. The van der Waals surface area contributed by atoms with E-state index in [0.29, 0.717) is 12.8 Å². The number of hydrogen-bond acceptors (Lipinski definition) is 3. The Kier molecular flexibility index (Phi) is 6.26. The maximum Gasteiger partial charge on any atom is 0.417 e. The molecule has 9 heteroatoms. The molecule has 0 radical (unpaired) electrons. The van der Waals surface area contributed by atoms with E-state index in [2.05, 4.69) is 0 Å². The molecule has 22 heavy (non-hydrogen) atoms. The molecular weight excluding hydrogens is 341 g/mol. The summed E-state index contributed by atoms with van der Waals surface area (Å²) in [7, 11) is -4.20.